The molecule has 174 valence electrons. The van der Waals surface area contributed by atoms with E-state index in [2.05, 4.69) is 20.3 Å². The number of rotatable bonds is 5. The Morgan fingerprint density at radius 1 is 1.06 bits per heavy atom. The third-order valence-electron chi connectivity index (χ3n) is 5.23. The van der Waals surface area contributed by atoms with E-state index < -0.39 is 28.9 Å². The van der Waals surface area contributed by atoms with Crippen molar-refractivity contribution in [3.8, 4) is 11.5 Å². The molecule has 4 aromatic rings. The highest BCUT2D eigenvalue weighted by atomic mass is 19.4. The molecule has 1 amide bonds. The zero-order valence-electron chi connectivity index (χ0n) is 18.3. The fourth-order valence-corrected chi connectivity index (χ4v) is 3.85. The molecule has 3 aromatic heterocycles. The molecule has 0 aliphatic carbocycles. The topological polar surface area (TPSA) is 89.8 Å². The van der Waals surface area contributed by atoms with Gasteiger partial charge in [-0.15, -0.1) is 0 Å². The van der Waals surface area contributed by atoms with Crippen LogP contribution in [-0.4, -0.2) is 25.4 Å². The summed E-state index contributed by atoms with van der Waals surface area (Å²) in [6.07, 6.45) is -2.07. The van der Waals surface area contributed by atoms with Crippen LogP contribution in [0, 0.1) is 0 Å². The van der Waals surface area contributed by atoms with Gasteiger partial charge in [0.05, 0.1) is 16.6 Å². The van der Waals surface area contributed by atoms with E-state index in [1.807, 2.05) is 30.3 Å². The Labute approximate surface area is 192 Å². The van der Waals surface area contributed by atoms with E-state index in [0.29, 0.717) is 6.42 Å². The molecule has 3 heterocycles. The molecule has 0 spiro atoms. The van der Waals surface area contributed by atoms with E-state index in [4.69, 9.17) is 0 Å². The Hall–Kier alpha value is -4.08. The van der Waals surface area contributed by atoms with Crippen LogP contribution in [0.1, 0.15) is 31.1 Å². The Bertz CT molecular complexity index is 1420. The Kier molecular flexibility index (Phi) is 6.14. The van der Waals surface area contributed by atoms with E-state index in [0.717, 1.165) is 11.8 Å². The number of carbonyl (C=O) groups excluding carboxylic acids is 1. The van der Waals surface area contributed by atoms with E-state index in [9.17, 15) is 22.8 Å². The first-order valence-corrected chi connectivity index (χ1v) is 10.4. The summed E-state index contributed by atoms with van der Waals surface area (Å²) in [6, 6.07) is 13.1. The quantitative estimate of drug-likeness (QED) is 0.462. The zero-order chi connectivity index (χ0) is 24.5. The van der Waals surface area contributed by atoms with Crippen molar-refractivity contribution in [3.63, 3.8) is 0 Å². The Morgan fingerprint density at radius 2 is 1.79 bits per heavy atom. The maximum absolute atomic E-state index is 13.7. The Morgan fingerprint density at radius 3 is 2.47 bits per heavy atom. The number of nitrogens with zero attached hydrogens (tertiary/aromatic N) is 4. The monoisotopic (exact) mass is 467 g/mol. The first-order chi connectivity index (χ1) is 16.2. The van der Waals surface area contributed by atoms with Crippen molar-refractivity contribution in [2.24, 2.45) is 0 Å². The van der Waals surface area contributed by atoms with Crippen molar-refractivity contribution in [2.45, 2.75) is 32.5 Å². The average Bonchev–Trinajstić information content (AvgIpc) is 2.78. The summed E-state index contributed by atoms with van der Waals surface area (Å²) in [4.78, 5) is 37.5. The van der Waals surface area contributed by atoms with Crippen molar-refractivity contribution in [2.75, 3.05) is 5.32 Å². The van der Waals surface area contributed by atoms with Gasteiger partial charge < -0.3 is 5.32 Å². The second-order valence-electron chi connectivity index (χ2n) is 7.78. The number of benzene rings is 1. The molecule has 0 radical (unpaired) electrons. The molecule has 0 saturated heterocycles. The molecule has 0 saturated carbocycles. The van der Waals surface area contributed by atoms with Crippen LogP contribution < -0.4 is 10.9 Å². The molecule has 7 nitrogen and oxygen atoms in total. The summed E-state index contributed by atoms with van der Waals surface area (Å²) in [5.41, 5.74) is -1.00. The van der Waals surface area contributed by atoms with Crippen LogP contribution in [0.2, 0.25) is 0 Å². The SMILES string of the molecule is CC(=O)Nc1cccnc1-c1nc2ccnc(C(F)(F)F)c2c(=O)n1[C@H](C)Cc1ccccc1. The number of hydrogen-bond acceptors (Lipinski definition) is 5. The van der Waals surface area contributed by atoms with Crippen molar-refractivity contribution in [3.05, 3.63) is 82.5 Å². The van der Waals surface area contributed by atoms with Gasteiger partial charge in [0.2, 0.25) is 5.91 Å². The second kappa shape index (κ2) is 9.05. The normalized spacial score (nSPS) is 12.5. The van der Waals surface area contributed by atoms with Crippen LogP contribution in [-0.2, 0) is 17.4 Å². The highest BCUT2D eigenvalue weighted by molar-refractivity contribution is 5.93. The van der Waals surface area contributed by atoms with Crippen LogP contribution in [0.15, 0.2) is 65.7 Å². The maximum atomic E-state index is 13.7. The number of aromatic nitrogens is 4. The van der Waals surface area contributed by atoms with E-state index in [1.165, 1.54) is 23.8 Å². The number of amides is 1. The highest BCUT2D eigenvalue weighted by Crippen LogP contribution is 2.33. The molecular formula is C24H20F3N5O2. The minimum Gasteiger partial charge on any atom is -0.324 e. The van der Waals surface area contributed by atoms with Crippen LogP contribution in [0.5, 0.6) is 0 Å². The lowest BCUT2D eigenvalue weighted by Gasteiger charge is -2.21. The summed E-state index contributed by atoms with van der Waals surface area (Å²) >= 11 is 0. The van der Waals surface area contributed by atoms with E-state index in [1.54, 1.807) is 19.1 Å². The van der Waals surface area contributed by atoms with Gasteiger partial charge in [0.15, 0.2) is 11.5 Å². The largest absolute Gasteiger partial charge is 0.434 e. The van der Waals surface area contributed by atoms with Crippen LogP contribution >= 0.6 is 0 Å². The molecular weight excluding hydrogens is 447 g/mol. The number of alkyl halides is 3. The second-order valence-corrected chi connectivity index (χ2v) is 7.78. The van der Waals surface area contributed by atoms with Gasteiger partial charge in [-0.3, -0.25) is 24.1 Å². The summed E-state index contributed by atoms with van der Waals surface area (Å²) in [5, 5.41) is 2.03. The third-order valence-corrected chi connectivity index (χ3v) is 5.23. The molecule has 34 heavy (non-hydrogen) atoms. The Balaban J connectivity index is 2.03. The molecule has 0 aliphatic heterocycles. The highest BCUT2D eigenvalue weighted by Gasteiger charge is 2.37. The van der Waals surface area contributed by atoms with Crippen molar-refractivity contribution < 1.29 is 18.0 Å². The van der Waals surface area contributed by atoms with E-state index in [-0.39, 0.29) is 28.6 Å². The number of anilines is 1. The van der Waals surface area contributed by atoms with Gasteiger partial charge in [-0.1, -0.05) is 30.3 Å². The minimum atomic E-state index is -4.84. The molecule has 0 fully saturated rings. The first-order valence-electron chi connectivity index (χ1n) is 10.4. The summed E-state index contributed by atoms with van der Waals surface area (Å²) in [5.74, 6) is -0.325. The predicted molar refractivity (Wildman–Crippen MR) is 121 cm³/mol. The van der Waals surface area contributed by atoms with Gasteiger partial charge in [0, 0.05) is 25.4 Å². The number of nitrogens with one attached hydrogen (secondary N) is 1. The van der Waals surface area contributed by atoms with Gasteiger partial charge >= 0.3 is 6.18 Å². The summed E-state index contributed by atoms with van der Waals surface area (Å²) in [7, 11) is 0. The number of pyridine rings is 2. The maximum Gasteiger partial charge on any atom is 0.434 e. The van der Waals surface area contributed by atoms with Crippen molar-refractivity contribution in [1.82, 2.24) is 19.5 Å². The van der Waals surface area contributed by atoms with Gasteiger partial charge in [-0.05, 0) is 37.1 Å². The van der Waals surface area contributed by atoms with Gasteiger partial charge in [0.1, 0.15) is 5.69 Å². The lowest BCUT2D eigenvalue weighted by molar-refractivity contribution is -0.139. The minimum absolute atomic E-state index is 0.0459. The molecule has 10 heteroatoms. The first kappa shape index (κ1) is 23.1. The molecule has 1 aromatic carbocycles. The molecule has 1 atom stereocenters. The van der Waals surface area contributed by atoms with Crippen molar-refractivity contribution >= 4 is 22.5 Å². The van der Waals surface area contributed by atoms with Crippen molar-refractivity contribution in [1.29, 1.82) is 0 Å². The summed E-state index contributed by atoms with van der Waals surface area (Å²) < 4.78 is 42.3. The molecule has 1 N–H and O–H groups in total. The standard InChI is InChI=1S/C24H20F3N5O2/c1-14(13-16-7-4-3-5-8-16)32-22(20-18(30-15(2)33)9-6-11-28-20)31-17-10-12-29-21(24(25,26)27)19(17)23(32)34/h3-12,14H,13H2,1-2H3,(H,30,33)/t14-/m1/s1. The number of hydrogen-bond donors (Lipinski definition) is 1. The summed E-state index contributed by atoms with van der Waals surface area (Å²) in [6.45, 7) is 3.03. The lowest BCUT2D eigenvalue weighted by Crippen LogP contribution is -2.30. The molecule has 4 rings (SSSR count). The number of carbonyl (C=O) groups is 1. The third kappa shape index (κ3) is 4.52. The molecule has 0 bridgehead atoms. The fraction of sp³-hybridized carbons (Fsp3) is 0.208. The predicted octanol–water partition coefficient (Wildman–Crippen LogP) is 4.63. The zero-order valence-corrected chi connectivity index (χ0v) is 18.3. The average molecular weight is 467 g/mol. The van der Waals surface area contributed by atoms with Gasteiger partial charge in [-0.2, -0.15) is 13.2 Å². The lowest BCUT2D eigenvalue weighted by atomic mass is 10.1. The fourth-order valence-electron chi connectivity index (χ4n) is 3.85. The molecule has 0 aliphatic rings. The van der Waals surface area contributed by atoms with Gasteiger partial charge in [0.25, 0.3) is 5.56 Å². The number of halogens is 3. The van der Waals surface area contributed by atoms with Crippen LogP contribution in [0.25, 0.3) is 22.4 Å². The van der Waals surface area contributed by atoms with Crippen LogP contribution in [0.4, 0.5) is 18.9 Å². The molecule has 0 unspecified atom stereocenters. The van der Waals surface area contributed by atoms with E-state index >= 15 is 0 Å². The van der Waals surface area contributed by atoms with Crippen LogP contribution in [0.3, 0.4) is 0 Å². The smallest absolute Gasteiger partial charge is 0.324 e. The number of fused-ring (bicyclic) bond motifs is 1. The van der Waals surface area contributed by atoms with Gasteiger partial charge in [-0.25, -0.2) is 4.98 Å².